The molecule has 0 aliphatic heterocycles. The highest BCUT2D eigenvalue weighted by atomic mass is 16.1. The highest BCUT2D eigenvalue weighted by Crippen LogP contribution is 2.07. The van der Waals surface area contributed by atoms with E-state index in [1.165, 1.54) is 0 Å². The Labute approximate surface area is 115 Å². The summed E-state index contributed by atoms with van der Waals surface area (Å²) in [6.45, 7) is 6.40. The zero-order chi connectivity index (χ0) is 14.3. The molecule has 0 unspecified atom stereocenters. The fraction of sp³-hybridized carbons (Fsp3) is 0.500. The van der Waals surface area contributed by atoms with Crippen molar-refractivity contribution in [1.29, 1.82) is 0 Å². The lowest BCUT2D eigenvalue weighted by Crippen LogP contribution is -2.22. The van der Waals surface area contributed by atoms with E-state index in [-0.39, 0.29) is 11.7 Å². The van der Waals surface area contributed by atoms with Crippen molar-refractivity contribution in [3.8, 4) is 0 Å². The van der Waals surface area contributed by atoms with Crippen LogP contribution in [0.1, 0.15) is 56.0 Å². The fourth-order valence-electron chi connectivity index (χ4n) is 1.82. The van der Waals surface area contributed by atoms with Crippen LogP contribution in [-0.2, 0) is 11.3 Å². The fourth-order valence-corrected chi connectivity index (χ4v) is 1.82. The molecule has 1 aromatic carbocycles. The van der Waals surface area contributed by atoms with Gasteiger partial charge in [0.25, 0.3) is 0 Å². The van der Waals surface area contributed by atoms with Gasteiger partial charge in [-0.15, -0.1) is 0 Å². The summed E-state index contributed by atoms with van der Waals surface area (Å²) in [7, 11) is 0. The van der Waals surface area contributed by atoms with Gasteiger partial charge in [-0.25, -0.2) is 0 Å². The summed E-state index contributed by atoms with van der Waals surface area (Å²) >= 11 is 0. The second kappa shape index (κ2) is 7.72. The molecule has 0 aromatic heterocycles. The van der Waals surface area contributed by atoms with Crippen molar-refractivity contribution in [1.82, 2.24) is 5.32 Å². The van der Waals surface area contributed by atoms with Gasteiger partial charge in [0.05, 0.1) is 0 Å². The zero-order valence-corrected chi connectivity index (χ0v) is 12.0. The first kappa shape index (κ1) is 15.4. The van der Waals surface area contributed by atoms with Gasteiger partial charge in [-0.2, -0.15) is 0 Å². The van der Waals surface area contributed by atoms with E-state index in [0.717, 1.165) is 18.4 Å². The molecule has 1 aromatic rings. The molecule has 0 spiro atoms. The van der Waals surface area contributed by atoms with Gasteiger partial charge < -0.3 is 5.32 Å². The molecule has 0 heterocycles. The second-order valence-corrected chi connectivity index (χ2v) is 5.32. The molecule has 0 radical (unpaired) electrons. The van der Waals surface area contributed by atoms with Crippen LogP contribution in [0.15, 0.2) is 24.3 Å². The third kappa shape index (κ3) is 6.18. The minimum Gasteiger partial charge on any atom is -0.352 e. The third-order valence-electron chi connectivity index (χ3n) is 3.04. The van der Waals surface area contributed by atoms with Crippen LogP contribution in [0.4, 0.5) is 0 Å². The van der Waals surface area contributed by atoms with Crippen molar-refractivity contribution in [3.63, 3.8) is 0 Å². The number of benzene rings is 1. The first-order valence-electron chi connectivity index (χ1n) is 6.85. The quantitative estimate of drug-likeness (QED) is 0.765. The molecule has 0 bridgehead atoms. The van der Waals surface area contributed by atoms with Crippen LogP contribution in [0.2, 0.25) is 0 Å². The van der Waals surface area contributed by atoms with Crippen LogP contribution >= 0.6 is 0 Å². The Hall–Kier alpha value is -1.64. The minimum atomic E-state index is 0.0595. The van der Waals surface area contributed by atoms with Crippen molar-refractivity contribution in [2.75, 3.05) is 0 Å². The zero-order valence-electron chi connectivity index (χ0n) is 12.0. The largest absolute Gasteiger partial charge is 0.352 e. The molecule has 3 nitrogen and oxygen atoms in total. The maximum Gasteiger partial charge on any atom is 0.220 e. The van der Waals surface area contributed by atoms with E-state index in [1.807, 2.05) is 12.1 Å². The molecular weight excluding hydrogens is 238 g/mol. The monoisotopic (exact) mass is 261 g/mol. The Kier molecular flexibility index (Phi) is 6.26. The third-order valence-corrected chi connectivity index (χ3v) is 3.04. The average Bonchev–Trinajstić information content (AvgIpc) is 2.36. The number of Topliss-reactive ketones (excluding diaryl/α,β-unsaturated/α-hetero) is 1. The molecule has 104 valence electrons. The van der Waals surface area contributed by atoms with Crippen molar-refractivity contribution in [3.05, 3.63) is 35.4 Å². The first-order valence-corrected chi connectivity index (χ1v) is 6.85. The van der Waals surface area contributed by atoms with Crippen LogP contribution in [-0.4, -0.2) is 11.7 Å². The van der Waals surface area contributed by atoms with Gasteiger partial charge in [-0.3, -0.25) is 9.59 Å². The number of hydrogen-bond donors (Lipinski definition) is 1. The Morgan fingerprint density at radius 3 is 2.32 bits per heavy atom. The summed E-state index contributed by atoms with van der Waals surface area (Å²) in [5, 5.41) is 2.90. The van der Waals surface area contributed by atoms with Gasteiger partial charge in [0.15, 0.2) is 5.78 Å². The highest BCUT2D eigenvalue weighted by Gasteiger charge is 2.03. The Morgan fingerprint density at radius 1 is 1.16 bits per heavy atom. The molecule has 0 fully saturated rings. The van der Waals surface area contributed by atoms with E-state index in [0.29, 0.717) is 24.4 Å². The number of hydrogen-bond acceptors (Lipinski definition) is 2. The molecule has 0 atom stereocenters. The summed E-state index contributed by atoms with van der Waals surface area (Å²) in [6, 6.07) is 7.35. The van der Waals surface area contributed by atoms with Gasteiger partial charge in [0.1, 0.15) is 0 Å². The summed E-state index contributed by atoms with van der Waals surface area (Å²) < 4.78 is 0. The summed E-state index contributed by atoms with van der Waals surface area (Å²) in [6.07, 6.45) is 2.61. The van der Waals surface area contributed by atoms with Crippen molar-refractivity contribution in [2.45, 2.75) is 46.6 Å². The maximum atomic E-state index is 11.6. The topological polar surface area (TPSA) is 46.2 Å². The van der Waals surface area contributed by atoms with E-state index in [9.17, 15) is 9.59 Å². The Balaban J connectivity index is 2.32. The second-order valence-electron chi connectivity index (χ2n) is 5.32. The van der Waals surface area contributed by atoms with Crippen LogP contribution in [0.25, 0.3) is 0 Å². The first-order chi connectivity index (χ1) is 8.99. The highest BCUT2D eigenvalue weighted by molar-refractivity contribution is 5.94. The number of carbonyl (C=O) groups excluding carboxylic acids is 2. The normalized spacial score (nSPS) is 10.5. The van der Waals surface area contributed by atoms with Gasteiger partial charge in [-0.05, 0) is 24.8 Å². The molecule has 0 saturated heterocycles. The van der Waals surface area contributed by atoms with E-state index >= 15 is 0 Å². The minimum absolute atomic E-state index is 0.0595. The van der Waals surface area contributed by atoms with Gasteiger partial charge in [0, 0.05) is 18.5 Å². The molecule has 1 N–H and O–H groups in total. The van der Waals surface area contributed by atoms with E-state index in [2.05, 4.69) is 19.2 Å². The predicted molar refractivity (Wildman–Crippen MR) is 77.0 cm³/mol. The Morgan fingerprint density at radius 2 is 1.79 bits per heavy atom. The number of nitrogens with one attached hydrogen (secondary N) is 1. The summed E-state index contributed by atoms with van der Waals surface area (Å²) in [4.78, 5) is 22.7. The van der Waals surface area contributed by atoms with Crippen molar-refractivity contribution >= 4 is 11.7 Å². The molecule has 0 aliphatic carbocycles. The molecular formula is C16H23NO2. The lowest BCUT2D eigenvalue weighted by atomic mass is 10.1. The smallest absolute Gasteiger partial charge is 0.220 e. The van der Waals surface area contributed by atoms with Gasteiger partial charge in [0.2, 0.25) is 5.91 Å². The van der Waals surface area contributed by atoms with Crippen molar-refractivity contribution < 1.29 is 9.59 Å². The van der Waals surface area contributed by atoms with Gasteiger partial charge >= 0.3 is 0 Å². The standard InChI is InChI=1S/C16H23NO2/c1-12(2)5-4-6-16(19)17-11-14-7-9-15(10-8-14)13(3)18/h7-10,12H,4-6,11H2,1-3H3,(H,17,19). The lowest BCUT2D eigenvalue weighted by molar-refractivity contribution is -0.121. The van der Waals surface area contributed by atoms with Crippen LogP contribution < -0.4 is 5.32 Å². The number of amides is 1. The van der Waals surface area contributed by atoms with E-state index in [1.54, 1.807) is 19.1 Å². The number of rotatable bonds is 7. The van der Waals surface area contributed by atoms with E-state index in [4.69, 9.17) is 0 Å². The van der Waals surface area contributed by atoms with Gasteiger partial charge in [-0.1, -0.05) is 44.5 Å². The van der Waals surface area contributed by atoms with E-state index < -0.39 is 0 Å². The SMILES string of the molecule is CC(=O)c1ccc(CNC(=O)CCCC(C)C)cc1. The molecule has 3 heteroatoms. The summed E-state index contributed by atoms with van der Waals surface area (Å²) in [5.74, 6) is 0.799. The average molecular weight is 261 g/mol. The van der Waals surface area contributed by atoms with Crippen LogP contribution in [0.3, 0.4) is 0 Å². The predicted octanol–water partition coefficient (Wildman–Crippen LogP) is 3.33. The molecule has 1 rings (SSSR count). The molecule has 0 saturated carbocycles. The molecule has 0 aliphatic rings. The van der Waals surface area contributed by atoms with Crippen LogP contribution in [0, 0.1) is 5.92 Å². The number of ketones is 1. The Bertz CT molecular complexity index is 421. The molecule has 19 heavy (non-hydrogen) atoms. The molecule has 1 amide bonds. The maximum absolute atomic E-state index is 11.6. The summed E-state index contributed by atoms with van der Waals surface area (Å²) in [5.41, 5.74) is 1.72. The number of carbonyl (C=O) groups is 2. The lowest BCUT2D eigenvalue weighted by Gasteiger charge is -2.07. The van der Waals surface area contributed by atoms with Crippen molar-refractivity contribution in [2.24, 2.45) is 5.92 Å². The van der Waals surface area contributed by atoms with Crippen LogP contribution in [0.5, 0.6) is 0 Å².